The molecule has 0 aliphatic heterocycles. The summed E-state index contributed by atoms with van der Waals surface area (Å²) in [6.45, 7) is 4.87. The standard InChI is InChI=1S/C25H40O3/c1-3-5-7-8-9-10-11-21-12-14-23(15-13-21)25(27)18-16-22(17-19-25)24(26)28-20-6-4-2/h12-15,22,27H,3-11,16-20H2,1-2H3. The second kappa shape index (κ2) is 12.3. The zero-order valence-electron chi connectivity index (χ0n) is 18.0. The van der Waals surface area contributed by atoms with Gasteiger partial charge in [0.05, 0.1) is 18.1 Å². The lowest BCUT2D eigenvalue weighted by molar-refractivity contribution is -0.151. The van der Waals surface area contributed by atoms with E-state index < -0.39 is 5.60 Å². The van der Waals surface area contributed by atoms with Gasteiger partial charge in [-0.05, 0) is 56.1 Å². The smallest absolute Gasteiger partial charge is 0.308 e. The molecule has 28 heavy (non-hydrogen) atoms. The van der Waals surface area contributed by atoms with Gasteiger partial charge in [-0.2, -0.15) is 0 Å². The summed E-state index contributed by atoms with van der Waals surface area (Å²) >= 11 is 0. The second-order valence-corrected chi connectivity index (χ2v) is 8.54. The Morgan fingerprint density at radius 3 is 2.21 bits per heavy atom. The number of esters is 1. The lowest BCUT2D eigenvalue weighted by Gasteiger charge is -2.35. The van der Waals surface area contributed by atoms with Gasteiger partial charge in [-0.25, -0.2) is 0 Å². The largest absolute Gasteiger partial charge is 0.465 e. The fraction of sp³-hybridized carbons (Fsp3) is 0.720. The highest BCUT2D eigenvalue weighted by Crippen LogP contribution is 2.40. The molecule has 3 heteroatoms. The van der Waals surface area contributed by atoms with E-state index >= 15 is 0 Å². The van der Waals surface area contributed by atoms with Crippen LogP contribution < -0.4 is 0 Å². The van der Waals surface area contributed by atoms with E-state index in [-0.39, 0.29) is 11.9 Å². The third kappa shape index (κ3) is 7.24. The van der Waals surface area contributed by atoms with Crippen molar-refractivity contribution in [3.05, 3.63) is 35.4 Å². The Morgan fingerprint density at radius 2 is 1.57 bits per heavy atom. The van der Waals surface area contributed by atoms with Gasteiger partial charge in [-0.1, -0.05) is 76.6 Å². The first kappa shape index (κ1) is 22.9. The van der Waals surface area contributed by atoms with Crippen molar-refractivity contribution >= 4 is 5.97 Å². The van der Waals surface area contributed by atoms with Crippen LogP contribution in [-0.4, -0.2) is 17.7 Å². The fourth-order valence-electron chi connectivity index (χ4n) is 4.15. The molecule has 2 rings (SSSR count). The molecule has 1 aliphatic carbocycles. The van der Waals surface area contributed by atoms with Crippen LogP contribution in [0.1, 0.15) is 102 Å². The van der Waals surface area contributed by atoms with Crippen LogP contribution in [0.25, 0.3) is 0 Å². The van der Waals surface area contributed by atoms with Gasteiger partial charge < -0.3 is 9.84 Å². The maximum Gasteiger partial charge on any atom is 0.308 e. The molecule has 1 aliphatic rings. The molecule has 0 aromatic heterocycles. The minimum atomic E-state index is -0.793. The Morgan fingerprint density at radius 1 is 0.964 bits per heavy atom. The summed E-state index contributed by atoms with van der Waals surface area (Å²) in [6, 6.07) is 8.52. The number of ether oxygens (including phenoxy) is 1. The molecule has 0 bridgehead atoms. The predicted octanol–water partition coefficient (Wildman–Crippen LogP) is 6.31. The number of rotatable bonds is 12. The Labute approximate surface area is 171 Å². The summed E-state index contributed by atoms with van der Waals surface area (Å²) in [5, 5.41) is 11.1. The second-order valence-electron chi connectivity index (χ2n) is 8.54. The molecule has 3 nitrogen and oxygen atoms in total. The molecular weight excluding hydrogens is 348 g/mol. The van der Waals surface area contributed by atoms with Crippen molar-refractivity contribution in [1.82, 2.24) is 0 Å². The topological polar surface area (TPSA) is 46.5 Å². The first-order chi connectivity index (χ1) is 13.6. The van der Waals surface area contributed by atoms with Crippen molar-refractivity contribution in [2.75, 3.05) is 6.61 Å². The van der Waals surface area contributed by atoms with E-state index in [2.05, 4.69) is 38.1 Å². The molecule has 0 spiro atoms. The van der Waals surface area contributed by atoms with Crippen molar-refractivity contribution in [3.8, 4) is 0 Å². The van der Waals surface area contributed by atoms with Gasteiger partial charge in [0.2, 0.25) is 0 Å². The number of benzene rings is 1. The van der Waals surface area contributed by atoms with Gasteiger partial charge in [0.15, 0.2) is 0 Å². The van der Waals surface area contributed by atoms with Gasteiger partial charge in [0, 0.05) is 0 Å². The van der Waals surface area contributed by atoms with E-state index in [4.69, 9.17) is 4.74 Å². The van der Waals surface area contributed by atoms with E-state index in [1.165, 1.54) is 44.1 Å². The Hall–Kier alpha value is -1.35. The van der Waals surface area contributed by atoms with E-state index in [9.17, 15) is 9.90 Å². The van der Waals surface area contributed by atoms with Crippen LogP contribution in [-0.2, 0) is 21.6 Å². The van der Waals surface area contributed by atoms with Gasteiger partial charge >= 0.3 is 5.97 Å². The van der Waals surface area contributed by atoms with E-state index in [1.54, 1.807) is 0 Å². The maximum absolute atomic E-state index is 12.1. The molecule has 1 saturated carbocycles. The minimum absolute atomic E-state index is 0.0517. The SMILES string of the molecule is CCCCCCCCc1ccc(C2(O)CCC(C(=O)OCCCC)CC2)cc1. The highest BCUT2D eigenvalue weighted by molar-refractivity contribution is 5.72. The van der Waals surface area contributed by atoms with Crippen molar-refractivity contribution in [1.29, 1.82) is 0 Å². The van der Waals surface area contributed by atoms with E-state index in [0.717, 1.165) is 24.8 Å². The van der Waals surface area contributed by atoms with E-state index in [0.29, 0.717) is 32.3 Å². The van der Waals surface area contributed by atoms with Gasteiger partial charge in [-0.3, -0.25) is 4.79 Å². The molecule has 0 amide bonds. The number of hydrogen-bond donors (Lipinski definition) is 1. The molecule has 1 aromatic rings. The number of carbonyl (C=O) groups excluding carboxylic acids is 1. The average Bonchev–Trinajstić information content (AvgIpc) is 2.71. The van der Waals surface area contributed by atoms with Crippen LogP contribution in [0, 0.1) is 5.92 Å². The van der Waals surface area contributed by atoms with Crippen LogP contribution in [0.5, 0.6) is 0 Å². The molecule has 0 heterocycles. The number of aryl methyl sites for hydroxylation is 1. The molecule has 0 saturated heterocycles. The van der Waals surface area contributed by atoms with Crippen LogP contribution in [0.2, 0.25) is 0 Å². The number of aliphatic hydroxyl groups is 1. The summed E-state index contributed by atoms with van der Waals surface area (Å²) in [6.07, 6.45) is 13.7. The highest BCUT2D eigenvalue weighted by Gasteiger charge is 2.37. The predicted molar refractivity (Wildman–Crippen MR) is 115 cm³/mol. The fourth-order valence-corrected chi connectivity index (χ4v) is 4.15. The maximum atomic E-state index is 12.1. The summed E-state index contributed by atoms with van der Waals surface area (Å²) in [7, 11) is 0. The molecule has 0 atom stereocenters. The lowest BCUT2D eigenvalue weighted by Crippen LogP contribution is -2.34. The van der Waals surface area contributed by atoms with Gasteiger partial charge in [0.1, 0.15) is 0 Å². The molecular formula is C25H40O3. The molecule has 0 radical (unpaired) electrons. The zero-order valence-corrected chi connectivity index (χ0v) is 18.0. The summed E-state index contributed by atoms with van der Waals surface area (Å²) in [4.78, 5) is 12.1. The summed E-state index contributed by atoms with van der Waals surface area (Å²) < 4.78 is 5.36. The van der Waals surface area contributed by atoms with Gasteiger partial charge in [-0.15, -0.1) is 0 Å². The van der Waals surface area contributed by atoms with Crippen molar-refractivity contribution < 1.29 is 14.6 Å². The molecule has 158 valence electrons. The summed E-state index contributed by atoms with van der Waals surface area (Å²) in [5.74, 6) is -0.131. The number of unbranched alkanes of at least 4 members (excludes halogenated alkanes) is 6. The van der Waals surface area contributed by atoms with E-state index in [1.807, 2.05) is 0 Å². The van der Waals surface area contributed by atoms with Gasteiger partial charge in [0.25, 0.3) is 0 Å². The molecule has 1 aromatic carbocycles. The number of hydrogen-bond acceptors (Lipinski definition) is 3. The normalized spacial score (nSPS) is 22.2. The minimum Gasteiger partial charge on any atom is -0.465 e. The summed E-state index contributed by atoms with van der Waals surface area (Å²) in [5.41, 5.74) is 1.56. The lowest BCUT2D eigenvalue weighted by atomic mass is 9.75. The molecule has 0 unspecified atom stereocenters. The Kier molecular flexibility index (Phi) is 10.0. The zero-order chi connectivity index (χ0) is 20.2. The monoisotopic (exact) mass is 388 g/mol. The Balaban J connectivity index is 1.76. The van der Waals surface area contributed by atoms with Crippen molar-refractivity contribution in [2.45, 2.75) is 103 Å². The van der Waals surface area contributed by atoms with Crippen LogP contribution in [0.3, 0.4) is 0 Å². The third-order valence-electron chi connectivity index (χ3n) is 6.20. The van der Waals surface area contributed by atoms with Crippen LogP contribution >= 0.6 is 0 Å². The molecule has 1 fully saturated rings. The first-order valence-electron chi connectivity index (χ1n) is 11.6. The van der Waals surface area contributed by atoms with Crippen molar-refractivity contribution in [2.24, 2.45) is 5.92 Å². The van der Waals surface area contributed by atoms with Crippen LogP contribution in [0.4, 0.5) is 0 Å². The third-order valence-corrected chi connectivity index (χ3v) is 6.20. The number of carbonyl (C=O) groups is 1. The van der Waals surface area contributed by atoms with Crippen LogP contribution in [0.15, 0.2) is 24.3 Å². The highest BCUT2D eigenvalue weighted by atomic mass is 16.5. The average molecular weight is 389 g/mol. The quantitative estimate of drug-likeness (QED) is 0.337. The Bertz CT molecular complexity index is 556. The molecule has 1 N–H and O–H groups in total. The van der Waals surface area contributed by atoms with Crippen molar-refractivity contribution in [3.63, 3.8) is 0 Å². The first-order valence-corrected chi connectivity index (χ1v) is 11.6.